The zero-order valence-corrected chi connectivity index (χ0v) is 18.4. The van der Waals surface area contributed by atoms with E-state index >= 15 is 0 Å². The zero-order valence-electron chi connectivity index (χ0n) is 17.4. The lowest BCUT2D eigenvalue weighted by Crippen LogP contribution is -2.47. The lowest BCUT2D eigenvalue weighted by molar-refractivity contribution is 0.115. The molecular weight excluding hydrogens is 378 g/mol. The molecule has 0 aromatic heterocycles. The van der Waals surface area contributed by atoms with Crippen LogP contribution in [-0.2, 0) is 6.42 Å². The SMILES string of the molecule is NC(CO)(CO)CCc1ccc(OCCC[Si]2(c3ccccc3)CCCC2)cc1. The van der Waals surface area contributed by atoms with Crippen LogP contribution in [0.2, 0.25) is 18.1 Å². The van der Waals surface area contributed by atoms with E-state index in [2.05, 4.69) is 30.3 Å². The van der Waals surface area contributed by atoms with Crippen LogP contribution in [0.1, 0.15) is 31.2 Å². The Balaban J connectivity index is 1.46. The Bertz CT molecular complexity index is 726. The molecule has 5 heteroatoms. The molecule has 0 aliphatic carbocycles. The van der Waals surface area contributed by atoms with Crippen LogP contribution in [0.5, 0.6) is 5.75 Å². The maximum absolute atomic E-state index is 9.30. The van der Waals surface area contributed by atoms with Crippen LogP contribution < -0.4 is 15.7 Å². The maximum atomic E-state index is 9.30. The van der Waals surface area contributed by atoms with Gasteiger partial charge in [-0.3, -0.25) is 0 Å². The number of benzene rings is 2. The summed E-state index contributed by atoms with van der Waals surface area (Å²) in [5.41, 5.74) is 6.16. The first kappa shape index (κ1) is 22.0. The van der Waals surface area contributed by atoms with Crippen molar-refractivity contribution in [1.82, 2.24) is 0 Å². The molecule has 3 rings (SSSR count). The average molecular weight is 414 g/mol. The molecule has 29 heavy (non-hydrogen) atoms. The molecule has 2 aromatic rings. The molecular formula is C24H35NO3Si. The summed E-state index contributed by atoms with van der Waals surface area (Å²) in [5.74, 6) is 0.902. The quantitative estimate of drug-likeness (QED) is 0.391. The maximum Gasteiger partial charge on any atom is 0.119 e. The van der Waals surface area contributed by atoms with Crippen molar-refractivity contribution >= 4 is 13.3 Å². The van der Waals surface area contributed by atoms with E-state index in [1.807, 2.05) is 24.3 Å². The first-order valence-corrected chi connectivity index (χ1v) is 13.5. The minimum absolute atomic E-state index is 0.210. The minimum Gasteiger partial charge on any atom is -0.494 e. The summed E-state index contributed by atoms with van der Waals surface area (Å²) in [5, 5.41) is 20.2. The van der Waals surface area contributed by atoms with Gasteiger partial charge in [-0.05, 0) is 43.0 Å². The van der Waals surface area contributed by atoms with E-state index in [9.17, 15) is 10.2 Å². The van der Waals surface area contributed by atoms with E-state index in [1.165, 1.54) is 31.0 Å². The molecule has 1 saturated heterocycles. The standard InChI is InChI=1S/C24H35NO3Si/c25-24(19-26,20-27)14-13-21-9-11-22(12-10-21)28-15-6-18-29(16-4-5-17-29)23-7-2-1-3-8-23/h1-3,7-12,26-27H,4-6,13-20,25H2. The van der Waals surface area contributed by atoms with Crippen LogP contribution in [0.25, 0.3) is 0 Å². The van der Waals surface area contributed by atoms with E-state index in [0.717, 1.165) is 30.8 Å². The Morgan fingerprint density at radius 2 is 1.59 bits per heavy atom. The number of hydrogen-bond acceptors (Lipinski definition) is 4. The van der Waals surface area contributed by atoms with Gasteiger partial charge in [0, 0.05) is 0 Å². The summed E-state index contributed by atoms with van der Waals surface area (Å²) in [4.78, 5) is 0. The molecule has 0 saturated carbocycles. The summed E-state index contributed by atoms with van der Waals surface area (Å²) in [7, 11) is -1.32. The predicted octanol–water partition coefficient (Wildman–Crippen LogP) is 3.22. The molecule has 0 bridgehead atoms. The number of aliphatic hydroxyl groups is 2. The number of aliphatic hydroxyl groups excluding tert-OH is 2. The molecule has 0 spiro atoms. The van der Waals surface area contributed by atoms with Crippen molar-refractivity contribution in [3.05, 3.63) is 60.2 Å². The molecule has 1 fully saturated rings. The fourth-order valence-electron chi connectivity index (χ4n) is 4.48. The second kappa shape index (κ2) is 10.4. The Labute approximate surface area is 175 Å². The van der Waals surface area contributed by atoms with Crippen molar-refractivity contribution in [3.8, 4) is 5.75 Å². The third-order valence-electron chi connectivity index (χ3n) is 6.48. The van der Waals surface area contributed by atoms with Gasteiger partial charge < -0.3 is 20.7 Å². The van der Waals surface area contributed by atoms with E-state index in [1.54, 1.807) is 5.19 Å². The summed E-state index contributed by atoms with van der Waals surface area (Å²) < 4.78 is 6.01. The number of nitrogens with two attached hydrogens (primary N) is 1. The lowest BCUT2D eigenvalue weighted by Gasteiger charge is -2.27. The van der Waals surface area contributed by atoms with Gasteiger partial charge >= 0.3 is 0 Å². The van der Waals surface area contributed by atoms with Gasteiger partial charge in [0.2, 0.25) is 0 Å². The van der Waals surface area contributed by atoms with Crippen LogP contribution in [0.15, 0.2) is 54.6 Å². The molecule has 0 radical (unpaired) electrons. The van der Waals surface area contributed by atoms with Gasteiger partial charge in [-0.15, -0.1) is 0 Å². The highest BCUT2D eigenvalue weighted by Gasteiger charge is 2.37. The Morgan fingerprint density at radius 3 is 2.21 bits per heavy atom. The molecule has 1 heterocycles. The van der Waals surface area contributed by atoms with E-state index < -0.39 is 13.6 Å². The van der Waals surface area contributed by atoms with Crippen LogP contribution in [0.4, 0.5) is 0 Å². The van der Waals surface area contributed by atoms with E-state index in [4.69, 9.17) is 10.5 Å². The summed E-state index contributed by atoms with van der Waals surface area (Å²) in [6, 6.07) is 23.5. The molecule has 4 nitrogen and oxygen atoms in total. The molecule has 1 aliphatic heterocycles. The molecule has 0 unspecified atom stereocenters. The third kappa shape index (κ3) is 5.92. The normalized spacial score (nSPS) is 16.1. The predicted molar refractivity (Wildman–Crippen MR) is 121 cm³/mol. The van der Waals surface area contributed by atoms with Crippen molar-refractivity contribution in [2.45, 2.75) is 55.8 Å². The van der Waals surface area contributed by atoms with Gasteiger partial charge in [0.25, 0.3) is 0 Å². The number of rotatable bonds is 11. The van der Waals surface area contributed by atoms with Crippen LogP contribution in [-0.4, -0.2) is 43.6 Å². The molecule has 0 amide bonds. The van der Waals surface area contributed by atoms with Crippen molar-refractivity contribution in [1.29, 1.82) is 0 Å². The fraction of sp³-hybridized carbons (Fsp3) is 0.500. The first-order chi connectivity index (χ1) is 14.1. The largest absolute Gasteiger partial charge is 0.494 e. The molecule has 4 N–H and O–H groups in total. The van der Waals surface area contributed by atoms with Gasteiger partial charge in [-0.25, -0.2) is 0 Å². The lowest BCUT2D eigenvalue weighted by atomic mass is 9.94. The van der Waals surface area contributed by atoms with E-state index in [-0.39, 0.29) is 13.2 Å². The van der Waals surface area contributed by atoms with Crippen LogP contribution in [0, 0.1) is 0 Å². The minimum atomic E-state index is -1.32. The average Bonchev–Trinajstić information content (AvgIpc) is 3.27. The highest BCUT2D eigenvalue weighted by Crippen LogP contribution is 2.34. The van der Waals surface area contributed by atoms with Crippen molar-refractivity contribution in [3.63, 3.8) is 0 Å². The van der Waals surface area contributed by atoms with Crippen molar-refractivity contribution < 1.29 is 14.9 Å². The molecule has 158 valence electrons. The van der Waals surface area contributed by atoms with Gasteiger partial charge in [0.1, 0.15) is 5.75 Å². The van der Waals surface area contributed by atoms with Gasteiger partial charge in [-0.1, -0.05) is 72.6 Å². The highest BCUT2D eigenvalue weighted by molar-refractivity contribution is 6.92. The summed E-state index contributed by atoms with van der Waals surface area (Å²) in [6.45, 7) is 0.346. The first-order valence-electron chi connectivity index (χ1n) is 10.9. The van der Waals surface area contributed by atoms with Gasteiger partial charge in [0.05, 0.1) is 33.4 Å². The van der Waals surface area contributed by atoms with E-state index in [0.29, 0.717) is 6.42 Å². The Hall–Kier alpha value is -1.66. The third-order valence-corrected chi connectivity index (χ3v) is 12.0. The van der Waals surface area contributed by atoms with Crippen molar-refractivity contribution in [2.75, 3.05) is 19.8 Å². The summed E-state index contributed by atoms with van der Waals surface area (Å²) in [6.07, 6.45) is 5.17. The number of aryl methyl sites for hydroxylation is 1. The fourth-order valence-corrected chi connectivity index (χ4v) is 9.67. The topological polar surface area (TPSA) is 75.7 Å². The number of ether oxygens (including phenoxy) is 1. The second-order valence-corrected chi connectivity index (χ2v) is 13.3. The zero-order chi connectivity index (χ0) is 20.6. The summed E-state index contributed by atoms with van der Waals surface area (Å²) >= 11 is 0. The smallest absolute Gasteiger partial charge is 0.119 e. The highest BCUT2D eigenvalue weighted by atomic mass is 28.3. The van der Waals surface area contributed by atoms with Crippen LogP contribution in [0.3, 0.4) is 0 Å². The molecule has 2 aromatic carbocycles. The molecule has 1 aliphatic rings. The molecule has 0 atom stereocenters. The monoisotopic (exact) mass is 413 g/mol. The number of hydrogen-bond donors (Lipinski definition) is 3. The van der Waals surface area contributed by atoms with Gasteiger partial charge in [0.15, 0.2) is 0 Å². The Morgan fingerprint density at radius 1 is 0.931 bits per heavy atom. The second-order valence-electron chi connectivity index (χ2n) is 8.63. The van der Waals surface area contributed by atoms with Crippen LogP contribution >= 0.6 is 0 Å². The van der Waals surface area contributed by atoms with Gasteiger partial charge in [-0.2, -0.15) is 0 Å². The Kier molecular flexibility index (Phi) is 7.89. The van der Waals surface area contributed by atoms with Crippen molar-refractivity contribution in [2.24, 2.45) is 5.73 Å².